The number of nitrogens with zero attached hydrogens (tertiary/aromatic N) is 5. The molecule has 160 valence electrons. The number of fused-ring (bicyclic) bond motifs is 1. The van der Waals surface area contributed by atoms with Crippen molar-refractivity contribution in [1.29, 1.82) is 0 Å². The fraction of sp³-hybridized carbons (Fsp3) is 0.417. The van der Waals surface area contributed by atoms with E-state index in [9.17, 15) is 0 Å². The highest BCUT2D eigenvalue weighted by molar-refractivity contribution is 6.29. The van der Waals surface area contributed by atoms with E-state index in [-0.39, 0.29) is 0 Å². The summed E-state index contributed by atoms with van der Waals surface area (Å²) in [5.74, 6) is 2.87. The molecular formula is C24H26ClN5O. The summed E-state index contributed by atoms with van der Waals surface area (Å²) in [4.78, 5) is 20.7. The molecule has 0 N–H and O–H groups in total. The molecule has 0 spiro atoms. The molecule has 1 atom stereocenters. The minimum Gasteiger partial charge on any atom is -0.478 e. The molecule has 7 heteroatoms. The zero-order valence-corrected chi connectivity index (χ0v) is 18.6. The number of ether oxygens (including phenoxy) is 1. The Bertz CT molecular complexity index is 1120. The summed E-state index contributed by atoms with van der Waals surface area (Å²) in [5.41, 5.74) is 1.83. The van der Waals surface area contributed by atoms with Crippen LogP contribution in [0.5, 0.6) is 0 Å². The van der Waals surface area contributed by atoms with Crippen LogP contribution >= 0.6 is 11.6 Å². The molecule has 3 aromatic heterocycles. The molecule has 0 radical (unpaired) electrons. The van der Waals surface area contributed by atoms with Gasteiger partial charge in [0.1, 0.15) is 17.6 Å². The van der Waals surface area contributed by atoms with E-state index in [2.05, 4.69) is 34.8 Å². The first-order valence-corrected chi connectivity index (χ1v) is 11.3. The molecule has 2 aliphatic rings. The van der Waals surface area contributed by atoms with E-state index in [0.717, 1.165) is 66.3 Å². The van der Waals surface area contributed by atoms with E-state index in [0.29, 0.717) is 23.0 Å². The van der Waals surface area contributed by atoms with E-state index < -0.39 is 0 Å². The summed E-state index contributed by atoms with van der Waals surface area (Å²) in [6.07, 6.45) is 7.47. The molecule has 0 aliphatic carbocycles. The van der Waals surface area contributed by atoms with Gasteiger partial charge in [0.15, 0.2) is 5.90 Å². The Labute approximate surface area is 187 Å². The molecule has 5 rings (SSSR count). The fourth-order valence-electron chi connectivity index (χ4n) is 4.34. The van der Waals surface area contributed by atoms with Crippen molar-refractivity contribution in [1.82, 2.24) is 15.0 Å². The summed E-state index contributed by atoms with van der Waals surface area (Å²) >= 11 is 6.12. The number of halogens is 1. The quantitative estimate of drug-likeness (QED) is 0.538. The first kappa shape index (κ1) is 20.2. The second kappa shape index (κ2) is 8.42. The number of aromatic nitrogens is 3. The molecule has 3 aromatic rings. The highest BCUT2D eigenvalue weighted by atomic mass is 35.5. The zero-order chi connectivity index (χ0) is 21.4. The van der Waals surface area contributed by atoms with Crippen LogP contribution in [0.3, 0.4) is 0 Å². The molecule has 31 heavy (non-hydrogen) atoms. The number of hydrogen-bond acceptors (Lipinski definition) is 6. The van der Waals surface area contributed by atoms with Gasteiger partial charge in [0, 0.05) is 53.9 Å². The van der Waals surface area contributed by atoms with Gasteiger partial charge in [-0.05, 0) is 43.0 Å². The molecule has 0 bridgehead atoms. The third kappa shape index (κ3) is 4.09. The summed E-state index contributed by atoms with van der Waals surface area (Å²) in [5, 5.41) is 2.65. The summed E-state index contributed by atoms with van der Waals surface area (Å²) in [6, 6.07) is 8.20. The van der Waals surface area contributed by atoms with Crippen LogP contribution < -0.4 is 4.90 Å². The van der Waals surface area contributed by atoms with Gasteiger partial charge in [-0.25, -0.2) is 15.0 Å². The monoisotopic (exact) mass is 435 g/mol. The van der Waals surface area contributed by atoms with Crippen LogP contribution in [-0.4, -0.2) is 46.6 Å². The van der Waals surface area contributed by atoms with Gasteiger partial charge in [0.05, 0.1) is 11.7 Å². The maximum atomic E-state index is 6.12. The van der Waals surface area contributed by atoms with Crippen LogP contribution in [-0.2, 0) is 4.74 Å². The van der Waals surface area contributed by atoms with E-state index in [4.69, 9.17) is 26.3 Å². The van der Waals surface area contributed by atoms with Gasteiger partial charge in [-0.3, -0.25) is 4.98 Å². The lowest BCUT2D eigenvalue weighted by atomic mass is 9.96. The van der Waals surface area contributed by atoms with Gasteiger partial charge in [-0.15, -0.1) is 0 Å². The average Bonchev–Trinajstić information content (AvgIpc) is 3.29. The van der Waals surface area contributed by atoms with E-state index in [1.807, 2.05) is 30.6 Å². The largest absolute Gasteiger partial charge is 0.478 e. The molecule has 0 aromatic carbocycles. The van der Waals surface area contributed by atoms with Crippen molar-refractivity contribution < 1.29 is 4.74 Å². The number of pyridine rings is 3. The lowest BCUT2D eigenvalue weighted by Gasteiger charge is -2.33. The SMILES string of the molecule is CC(C)[C@H]1COC(C2CCN(c3nc(-c4ccnc(Cl)c4)cc4cnccc34)CC2)=N1. The second-order valence-corrected chi connectivity index (χ2v) is 9.03. The number of aliphatic imine (C=N–C) groups is 1. The molecule has 1 fully saturated rings. The number of hydrogen-bond donors (Lipinski definition) is 0. The highest BCUT2D eigenvalue weighted by Crippen LogP contribution is 2.33. The third-order valence-corrected chi connectivity index (χ3v) is 6.45. The average molecular weight is 436 g/mol. The van der Waals surface area contributed by atoms with Crippen molar-refractivity contribution in [2.45, 2.75) is 32.7 Å². The zero-order valence-electron chi connectivity index (χ0n) is 17.8. The smallest absolute Gasteiger partial charge is 0.187 e. The third-order valence-electron chi connectivity index (χ3n) is 6.24. The van der Waals surface area contributed by atoms with Gasteiger partial charge in [-0.2, -0.15) is 0 Å². The van der Waals surface area contributed by atoms with Gasteiger partial charge in [0.25, 0.3) is 0 Å². The molecular weight excluding hydrogens is 410 g/mol. The van der Waals surface area contributed by atoms with Crippen LogP contribution in [0, 0.1) is 11.8 Å². The predicted molar refractivity (Wildman–Crippen MR) is 125 cm³/mol. The maximum Gasteiger partial charge on any atom is 0.187 e. The number of piperidine rings is 1. The fourth-order valence-corrected chi connectivity index (χ4v) is 4.52. The van der Waals surface area contributed by atoms with Crippen molar-refractivity contribution in [2.24, 2.45) is 16.8 Å². The predicted octanol–water partition coefficient (Wildman–Crippen LogP) is 5.01. The molecule has 0 unspecified atom stereocenters. The number of anilines is 1. The number of rotatable bonds is 4. The van der Waals surface area contributed by atoms with Gasteiger partial charge < -0.3 is 9.64 Å². The Morgan fingerprint density at radius 1 is 1.13 bits per heavy atom. The van der Waals surface area contributed by atoms with E-state index in [1.54, 1.807) is 6.20 Å². The maximum absolute atomic E-state index is 6.12. The standard InChI is InChI=1S/C24H26ClN5O/c1-15(2)21-14-31-24(29-21)16-5-9-30(10-6-16)23-19-4-7-26-13-18(19)11-20(28-23)17-3-8-27-22(25)12-17/h3-4,7-8,11-13,15-16,21H,5-6,9-10,14H2,1-2H3/t21-/m1/s1. The Balaban J connectivity index is 1.42. The van der Waals surface area contributed by atoms with Crippen LogP contribution in [0.2, 0.25) is 5.15 Å². The van der Waals surface area contributed by atoms with E-state index >= 15 is 0 Å². The Hall–Kier alpha value is -2.73. The Kier molecular flexibility index (Phi) is 5.48. The highest BCUT2D eigenvalue weighted by Gasteiger charge is 2.31. The molecule has 2 aliphatic heterocycles. The summed E-state index contributed by atoms with van der Waals surface area (Å²) in [6.45, 7) is 6.98. The molecule has 6 nitrogen and oxygen atoms in total. The van der Waals surface area contributed by atoms with Crippen LogP contribution in [0.15, 0.2) is 47.8 Å². The normalized spacial score (nSPS) is 19.7. The van der Waals surface area contributed by atoms with Crippen molar-refractivity contribution in [3.8, 4) is 11.3 Å². The minimum absolute atomic E-state index is 0.301. The first-order chi connectivity index (χ1) is 15.1. The molecule has 0 amide bonds. The Morgan fingerprint density at radius 3 is 2.71 bits per heavy atom. The lowest BCUT2D eigenvalue weighted by Crippen LogP contribution is -2.37. The van der Waals surface area contributed by atoms with E-state index in [1.165, 1.54) is 0 Å². The van der Waals surface area contributed by atoms with Crippen LogP contribution in [0.1, 0.15) is 26.7 Å². The van der Waals surface area contributed by atoms with Gasteiger partial charge in [-0.1, -0.05) is 25.4 Å². The van der Waals surface area contributed by atoms with Crippen molar-refractivity contribution in [2.75, 3.05) is 24.6 Å². The van der Waals surface area contributed by atoms with Gasteiger partial charge >= 0.3 is 0 Å². The van der Waals surface area contributed by atoms with Gasteiger partial charge in [0.2, 0.25) is 0 Å². The summed E-state index contributed by atoms with van der Waals surface area (Å²) in [7, 11) is 0. The topological polar surface area (TPSA) is 63.5 Å². The van der Waals surface area contributed by atoms with Crippen LogP contribution in [0.25, 0.3) is 22.0 Å². The van der Waals surface area contributed by atoms with Crippen molar-refractivity contribution in [3.05, 3.63) is 48.0 Å². The van der Waals surface area contributed by atoms with Crippen molar-refractivity contribution in [3.63, 3.8) is 0 Å². The Morgan fingerprint density at radius 2 is 1.97 bits per heavy atom. The minimum atomic E-state index is 0.301. The summed E-state index contributed by atoms with van der Waals surface area (Å²) < 4.78 is 5.95. The molecule has 0 saturated carbocycles. The molecule has 5 heterocycles. The van der Waals surface area contributed by atoms with Crippen LogP contribution in [0.4, 0.5) is 5.82 Å². The molecule has 1 saturated heterocycles. The first-order valence-electron chi connectivity index (χ1n) is 10.9. The van der Waals surface area contributed by atoms with Crippen molar-refractivity contribution >= 4 is 34.1 Å². The lowest BCUT2D eigenvalue weighted by molar-refractivity contribution is 0.270. The second-order valence-electron chi connectivity index (χ2n) is 8.65.